The maximum absolute atomic E-state index is 12.6. The lowest BCUT2D eigenvalue weighted by Gasteiger charge is -2.32. The standard InChI is InChI=1S/C19H20F3N/c20-19(21,22)18-8-6-16(7-9-18)17-10-12-23(13-11-17)14-15-4-2-1-3-5-15/h1-9,17H,10-14H2. The van der Waals surface area contributed by atoms with Crippen molar-refractivity contribution in [1.82, 2.24) is 4.90 Å². The summed E-state index contributed by atoms with van der Waals surface area (Å²) < 4.78 is 37.8. The second-order valence-electron chi connectivity index (χ2n) is 6.16. The lowest BCUT2D eigenvalue weighted by Crippen LogP contribution is -2.32. The van der Waals surface area contributed by atoms with Crippen LogP contribution in [-0.4, -0.2) is 18.0 Å². The van der Waals surface area contributed by atoms with Crippen molar-refractivity contribution in [2.24, 2.45) is 0 Å². The van der Waals surface area contributed by atoms with Crippen molar-refractivity contribution in [2.45, 2.75) is 31.5 Å². The fraction of sp³-hybridized carbons (Fsp3) is 0.368. The molecule has 0 N–H and O–H groups in total. The third-order valence-corrected chi connectivity index (χ3v) is 4.55. The van der Waals surface area contributed by atoms with Crippen molar-refractivity contribution >= 4 is 0 Å². The lowest BCUT2D eigenvalue weighted by atomic mass is 9.89. The maximum Gasteiger partial charge on any atom is 0.416 e. The summed E-state index contributed by atoms with van der Waals surface area (Å²) >= 11 is 0. The average Bonchev–Trinajstić information content (AvgIpc) is 2.56. The van der Waals surface area contributed by atoms with Crippen LogP contribution in [0.3, 0.4) is 0 Å². The van der Waals surface area contributed by atoms with Crippen molar-refractivity contribution in [3.8, 4) is 0 Å². The van der Waals surface area contributed by atoms with E-state index in [1.54, 1.807) is 12.1 Å². The molecule has 2 aromatic rings. The number of halogens is 3. The maximum atomic E-state index is 12.6. The van der Waals surface area contributed by atoms with Gasteiger partial charge in [0.1, 0.15) is 0 Å². The molecule has 0 radical (unpaired) electrons. The van der Waals surface area contributed by atoms with Gasteiger partial charge in [-0.05, 0) is 55.1 Å². The molecule has 0 saturated carbocycles. The summed E-state index contributed by atoms with van der Waals surface area (Å²) in [5.41, 5.74) is 1.76. The van der Waals surface area contributed by atoms with Gasteiger partial charge in [-0.1, -0.05) is 42.5 Å². The summed E-state index contributed by atoms with van der Waals surface area (Å²) in [5, 5.41) is 0. The Morgan fingerprint density at radius 2 is 1.48 bits per heavy atom. The van der Waals surface area contributed by atoms with Gasteiger partial charge in [0.25, 0.3) is 0 Å². The number of rotatable bonds is 3. The zero-order valence-corrected chi connectivity index (χ0v) is 12.9. The van der Waals surface area contributed by atoms with E-state index in [9.17, 15) is 13.2 Å². The Bertz CT molecular complexity index is 611. The molecule has 3 rings (SSSR count). The fourth-order valence-corrected chi connectivity index (χ4v) is 3.21. The summed E-state index contributed by atoms with van der Waals surface area (Å²) in [7, 11) is 0. The Balaban J connectivity index is 1.56. The molecule has 122 valence electrons. The Morgan fingerprint density at radius 1 is 0.870 bits per heavy atom. The first-order valence-electron chi connectivity index (χ1n) is 7.96. The minimum atomic E-state index is -4.25. The van der Waals surface area contributed by atoms with E-state index >= 15 is 0 Å². The molecule has 0 spiro atoms. The molecule has 1 aliphatic heterocycles. The van der Waals surface area contributed by atoms with Gasteiger partial charge in [0.2, 0.25) is 0 Å². The van der Waals surface area contributed by atoms with Gasteiger partial charge in [-0.2, -0.15) is 13.2 Å². The van der Waals surface area contributed by atoms with Crippen LogP contribution in [0.5, 0.6) is 0 Å². The van der Waals surface area contributed by atoms with Crippen molar-refractivity contribution in [3.05, 3.63) is 71.3 Å². The van der Waals surface area contributed by atoms with Crippen molar-refractivity contribution in [3.63, 3.8) is 0 Å². The smallest absolute Gasteiger partial charge is 0.299 e. The first kappa shape index (κ1) is 16.1. The zero-order chi connectivity index (χ0) is 16.3. The van der Waals surface area contributed by atoms with E-state index in [-0.39, 0.29) is 0 Å². The van der Waals surface area contributed by atoms with Gasteiger partial charge in [0.05, 0.1) is 5.56 Å². The lowest BCUT2D eigenvalue weighted by molar-refractivity contribution is -0.137. The number of hydrogen-bond acceptors (Lipinski definition) is 1. The molecule has 1 saturated heterocycles. The molecule has 0 unspecified atom stereocenters. The van der Waals surface area contributed by atoms with Gasteiger partial charge in [0, 0.05) is 6.54 Å². The van der Waals surface area contributed by atoms with E-state index in [1.807, 2.05) is 18.2 Å². The van der Waals surface area contributed by atoms with Crippen LogP contribution in [0.4, 0.5) is 13.2 Å². The molecule has 0 amide bonds. The van der Waals surface area contributed by atoms with Crippen LogP contribution in [0.25, 0.3) is 0 Å². The summed E-state index contributed by atoms with van der Waals surface area (Å²) in [6.45, 7) is 2.92. The zero-order valence-electron chi connectivity index (χ0n) is 12.9. The molecule has 4 heteroatoms. The summed E-state index contributed by atoms with van der Waals surface area (Å²) in [6.07, 6.45) is -2.26. The average molecular weight is 319 g/mol. The quantitative estimate of drug-likeness (QED) is 0.762. The Labute approximate surface area is 134 Å². The van der Waals surface area contributed by atoms with Gasteiger partial charge in [-0.25, -0.2) is 0 Å². The highest BCUT2D eigenvalue weighted by Crippen LogP contribution is 2.33. The third-order valence-electron chi connectivity index (χ3n) is 4.55. The molecule has 2 aromatic carbocycles. The summed E-state index contributed by atoms with van der Waals surface area (Å²) in [5.74, 6) is 0.365. The predicted molar refractivity (Wildman–Crippen MR) is 85.1 cm³/mol. The molecule has 1 nitrogen and oxygen atoms in total. The largest absolute Gasteiger partial charge is 0.416 e. The first-order valence-corrected chi connectivity index (χ1v) is 7.96. The van der Waals surface area contributed by atoms with Crippen LogP contribution in [-0.2, 0) is 12.7 Å². The molecule has 0 aromatic heterocycles. The van der Waals surface area contributed by atoms with E-state index in [1.165, 1.54) is 17.7 Å². The number of hydrogen-bond donors (Lipinski definition) is 0. The van der Waals surface area contributed by atoms with Gasteiger partial charge in [-0.15, -0.1) is 0 Å². The minimum Gasteiger partial charge on any atom is -0.299 e. The predicted octanol–water partition coefficient (Wildman–Crippen LogP) is 5.09. The number of nitrogens with zero attached hydrogens (tertiary/aromatic N) is 1. The first-order chi connectivity index (χ1) is 11.0. The van der Waals surface area contributed by atoms with Gasteiger partial charge in [-0.3, -0.25) is 4.90 Å². The van der Waals surface area contributed by atoms with Crippen LogP contribution < -0.4 is 0 Å². The van der Waals surface area contributed by atoms with E-state index < -0.39 is 11.7 Å². The van der Waals surface area contributed by atoms with E-state index in [2.05, 4.69) is 17.0 Å². The van der Waals surface area contributed by atoms with Gasteiger partial charge < -0.3 is 0 Å². The number of piperidine rings is 1. The molecule has 0 aliphatic carbocycles. The van der Waals surface area contributed by atoms with Gasteiger partial charge >= 0.3 is 6.18 Å². The van der Waals surface area contributed by atoms with Crippen LogP contribution in [0, 0.1) is 0 Å². The van der Waals surface area contributed by atoms with Crippen LogP contribution in [0.15, 0.2) is 54.6 Å². The van der Waals surface area contributed by atoms with Crippen molar-refractivity contribution < 1.29 is 13.2 Å². The summed E-state index contributed by atoms with van der Waals surface area (Å²) in [6, 6.07) is 16.0. The molecule has 1 aliphatic rings. The molecule has 0 bridgehead atoms. The fourth-order valence-electron chi connectivity index (χ4n) is 3.21. The molecule has 0 atom stereocenters. The van der Waals surface area contributed by atoms with Crippen LogP contribution in [0.2, 0.25) is 0 Å². The monoisotopic (exact) mass is 319 g/mol. The molecular weight excluding hydrogens is 299 g/mol. The molecule has 23 heavy (non-hydrogen) atoms. The highest BCUT2D eigenvalue weighted by molar-refractivity contribution is 5.27. The SMILES string of the molecule is FC(F)(F)c1ccc(C2CCN(Cc3ccccc3)CC2)cc1. The molecule has 1 fully saturated rings. The second-order valence-corrected chi connectivity index (χ2v) is 6.16. The number of likely N-dealkylation sites (tertiary alicyclic amines) is 1. The summed E-state index contributed by atoms with van der Waals surface area (Å²) in [4.78, 5) is 2.41. The number of benzene rings is 2. The van der Waals surface area contributed by atoms with E-state index in [4.69, 9.17) is 0 Å². The van der Waals surface area contributed by atoms with Crippen molar-refractivity contribution in [1.29, 1.82) is 0 Å². The highest BCUT2D eigenvalue weighted by Gasteiger charge is 2.30. The number of alkyl halides is 3. The van der Waals surface area contributed by atoms with Gasteiger partial charge in [0.15, 0.2) is 0 Å². The van der Waals surface area contributed by atoms with E-state index in [0.717, 1.165) is 38.0 Å². The molecule has 1 heterocycles. The van der Waals surface area contributed by atoms with E-state index in [0.29, 0.717) is 5.92 Å². The van der Waals surface area contributed by atoms with Crippen molar-refractivity contribution in [2.75, 3.05) is 13.1 Å². The Hall–Kier alpha value is -1.81. The highest BCUT2D eigenvalue weighted by atomic mass is 19.4. The Morgan fingerprint density at radius 3 is 2.04 bits per heavy atom. The Kier molecular flexibility index (Phi) is 4.71. The minimum absolute atomic E-state index is 0.365. The normalized spacial score (nSPS) is 17.3. The second kappa shape index (κ2) is 6.75. The molecular formula is C19H20F3N. The van der Waals surface area contributed by atoms with Crippen LogP contribution in [0.1, 0.15) is 35.4 Å². The third kappa shape index (κ3) is 4.14. The topological polar surface area (TPSA) is 3.24 Å². The van der Waals surface area contributed by atoms with Crippen LogP contribution >= 0.6 is 0 Å².